The molecule has 3 unspecified atom stereocenters. The number of likely N-dealkylation sites (tertiary alicyclic amines) is 2. The van der Waals surface area contributed by atoms with E-state index < -0.39 is 0 Å². The van der Waals surface area contributed by atoms with Crippen LogP contribution in [0, 0.1) is 5.92 Å². The summed E-state index contributed by atoms with van der Waals surface area (Å²) in [5, 5.41) is 0. The predicted octanol–water partition coefficient (Wildman–Crippen LogP) is 2.70. The summed E-state index contributed by atoms with van der Waals surface area (Å²) in [5.41, 5.74) is 5.83. The van der Waals surface area contributed by atoms with Gasteiger partial charge in [0.25, 0.3) is 0 Å². The molecule has 0 aliphatic carbocycles. The smallest absolute Gasteiger partial charge is 0.0235 e. The SMILES string of the molecule is CC(N)CCCC(C)CN1CCC(N2CCCCC2)C1. The molecule has 2 saturated heterocycles. The number of hydrogen-bond donors (Lipinski definition) is 1. The lowest BCUT2D eigenvalue weighted by atomic mass is 10.0. The minimum absolute atomic E-state index is 0.373. The van der Waals surface area contributed by atoms with Gasteiger partial charge in [-0.25, -0.2) is 0 Å². The van der Waals surface area contributed by atoms with Crippen LogP contribution in [0.5, 0.6) is 0 Å². The number of nitrogens with two attached hydrogens (primary N) is 1. The van der Waals surface area contributed by atoms with Crippen molar-refractivity contribution in [3.63, 3.8) is 0 Å². The summed E-state index contributed by atoms with van der Waals surface area (Å²) in [5.74, 6) is 0.828. The molecule has 0 amide bonds. The van der Waals surface area contributed by atoms with Crippen LogP contribution in [-0.2, 0) is 0 Å². The third-order valence-corrected chi connectivity index (χ3v) is 5.08. The lowest BCUT2D eigenvalue weighted by Crippen LogP contribution is -2.41. The average Bonchev–Trinajstić information content (AvgIpc) is 2.88. The Kier molecular flexibility index (Phi) is 6.79. The van der Waals surface area contributed by atoms with Crippen molar-refractivity contribution in [1.29, 1.82) is 0 Å². The molecule has 2 aliphatic rings. The van der Waals surface area contributed by atoms with Crippen molar-refractivity contribution in [3.05, 3.63) is 0 Å². The molecule has 0 spiro atoms. The van der Waals surface area contributed by atoms with Crippen LogP contribution in [0.3, 0.4) is 0 Å². The average molecular weight is 281 g/mol. The Hall–Kier alpha value is -0.120. The monoisotopic (exact) mass is 281 g/mol. The molecule has 0 radical (unpaired) electrons. The van der Waals surface area contributed by atoms with Gasteiger partial charge in [0.05, 0.1) is 0 Å². The molecule has 0 aromatic heterocycles. The number of nitrogens with zero attached hydrogens (tertiary/aromatic N) is 2. The van der Waals surface area contributed by atoms with E-state index in [1.165, 1.54) is 77.7 Å². The minimum atomic E-state index is 0.373. The number of hydrogen-bond acceptors (Lipinski definition) is 3. The van der Waals surface area contributed by atoms with Gasteiger partial charge in [-0.15, -0.1) is 0 Å². The van der Waals surface area contributed by atoms with Gasteiger partial charge >= 0.3 is 0 Å². The summed E-state index contributed by atoms with van der Waals surface area (Å²) >= 11 is 0. The van der Waals surface area contributed by atoms with Gasteiger partial charge in [-0.05, 0) is 64.6 Å². The second-order valence-corrected chi connectivity index (χ2v) is 7.31. The Balaban J connectivity index is 1.62. The highest BCUT2D eigenvalue weighted by Gasteiger charge is 2.28. The van der Waals surface area contributed by atoms with Gasteiger partial charge in [-0.2, -0.15) is 0 Å². The normalized spacial score (nSPS) is 28.6. The molecule has 2 aliphatic heterocycles. The fraction of sp³-hybridized carbons (Fsp3) is 1.00. The van der Waals surface area contributed by atoms with E-state index >= 15 is 0 Å². The van der Waals surface area contributed by atoms with Crippen LogP contribution >= 0.6 is 0 Å². The lowest BCUT2D eigenvalue weighted by Gasteiger charge is -2.32. The first-order valence-corrected chi connectivity index (χ1v) is 8.87. The third-order valence-electron chi connectivity index (χ3n) is 5.08. The summed E-state index contributed by atoms with van der Waals surface area (Å²) in [7, 11) is 0. The molecule has 2 rings (SSSR count). The van der Waals surface area contributed by atoms with E-state index in [1.807, 2.05) is 0 Å². The van der Waals surface area contributed by atoms with Crippen molar-refractivity contribution in [2.75, 3.05) is 32.7 Å². The van der Waals surface area contributed by atoms with E-state index in [0.717, 1.165) is 12.0 Å². The molecule has 3 atom stereocenters. The summed E-state index contributed by atoms with van der Waals surface area (Å²) in [6, 6.07) is 1.23. The first-order chi connectivity index (χ1) is 9.65. The Morgan fingerprint density at radius 3 is 2.50 bits per heavy atom. The van der Waals surface area contributed by atoms with Crippen molar-refractivity contribution in [3.8, 4) is 0 Å². The molecule has 0 bridgehead atoms. The molecular formula is C17H35N3. The molecule has 2 fully saturated rings. The maximum atomic E-state index is 5.83. The molecule has 0 aromatic rings. The first kappa shape index (κ1) is 16.3. The summed E-state index contributed by atoms with van der Waals surface area (Å²) in [4.78, 5) is 5.46. The maximum absolute atomic E-state index is 5.83. The van der Waals surface area contributed by atoms with E-state index in [4.69, 9.17) is 5.73 Å². The van der Waals surface area contributed by atoms with Crippen molar-refractivity contribution >= 4 is 0 Å². The van der Waals surface area contributed by atoms with Gasteiger partial charge in [0, 0.05) is 25.2 Å². The molecular weight excluding hydrogens is 246 g/mol. The fourth-order valence-corrected chi connectivity index (χ4v) is 3.88. The van der Waals surface area contributed by atoms with E-state index in [2.05, 4.69) is 23.6 Å². The fourth-order valence-electron chi connectivity index (χ4n) is 3.88. The maximum Gasteiger partial charge on any atom is 0.0235 e. The third kappa shape index (κ3) is 5.34. The summed E-state index contributed by atoms with van der Waals surface area (Å²) in [6.07, 6.45) is 9.50. The van der Waals surface area contributed by atoms with Gasteiger partial charge in [0.1, 0.15) is 0 Å². The molecule has 0 saturated carbocycles. The zero-order chi connectivity index (χ0) is 14.4. The van der Waals surface area contributed by atoms with Crippen LogP contribution in [0.15, 0.2) is 0 Å². The quantitative estimate of drug-likeness (QED) is 0.779. The van der Waals surface area contributed by atoms with E-state index in [1.54, 1.807) is 0 Å². The Morgan fingerprint density at radius 2 is 1.80 bits per heavy atom. The number of piperidine rings is 1. The van der Waals surface area contributed by atoms with Crippen LogP contribution in [-0.4, -0.2) is 54.6 Å². The molecule has 2 heterocycles. The highest BCUT2D eigenvalue weighted by atomic mass is 15.3. The van der Waals surface area contributed by atoms with Crippen LogP contribution in [0.4, 0.5) is 0 Å². The Labute approximate surface area is 125 Å². The van der Waals surface area contributed by atoms with Crippen LogP contribution in [0.1, 0.15) is 58.8 Å². The second kappa shape index (κ2) is 8.35. The zero-order valence-electron chi connectivity index (χ0n) is 13.7. The highest BCUT2D eigenvalue weighted by molar-refractivity contribution is 4.85. The lowest BCUT2D eigenvalue weighted by molar-refractivity contribution is 0.158. The number of rotatable bonds is 7. The van der Waals surface area contributed by atoms with E-state index in [-0.39, 0.29) is 0 Å². The van der Waals surface area contributed by atoms with E-state index in [0.29, 0.717) is 6.04 Å². The largest absolute Gasteiger partial charge is 0.328 e. The second-order valence-electron chi connectivity index (χ2n) is 7.31. The van der Waals surface area contributed by atoms with Gasteiger partial charge in [0.15, 0.2) is 0 Å². The topological polar surface area (TPSA) is 32.5 Å². The molecule has 2 N–H and O–H groups in total. The molecule has 20 heavy (non-hydrogen) atoms. The highest BCUT2D eigenvalue weighted by Crippen LogP contribution is 2.21. The van der Waals surface area contributed by atoms with Crippen LogP contribution in [0.25, 0.3) is 0 Å². The van der Waals surface area contributed by atoms with Gasteiger partial charge < -0.3 is 10.6 Å². The molecule has 3 nitrogen and oxygen atoms in total. The van der Waals surface area contributed by atoms with Crippen molar-refractivity contribution in [2.45, 2.75) is 70.9 Å². The Bertz CT molecular complexity index is 261. The predicted molar refractivity (Wildman–Crippen MR) is 86.9 cm³/mol. The summed E-state index contributed by atoms with van der Waals surface area (Å²) in [6.45, 7) is 11.2. The van der Waals surface area contributed by atoms with Crippen LogP contribution < -0.4 is 5.73 Å². The molecule has 118 valence electrons. The van der Waals surface area contributed by atoms with Gasteiger partial charge in [-0.1, -0.05) is 19.8 Å². The van der Waals surface area contributed by atoms with E-state index in [9.17, 15) is 0 Å². The van der Waals surface area contributed by atoms with Crippen molar-refractivity contribution < 1.29 is 0 Å². The van der Waals surface area contributed by atoms with Gasteiger partial charge in [0.2, 0.25) is 0 Å². The van der Waals surface area contributed by atoms with Crippen molar-refractivity contribution in [2.24, 2.45) is 11.7 Å². The first-order valence-electron chi connectivity index (χ1n) is 8.87. The molecule has 0 aromatic carbocycles. The standard InChI is InChI=1S/C17H35N3/c1-15(7-6-8-16(2)18)13-19-12-9-17(14-19)20-10-4-3-5-11-20/h15-17H,3-14,18H2,1-2H3. The minimum Gasteiger partial charge on any atom is -0.328 e. The molecule has 3 heteroatoms. The van der Waals surface area contributed by atoms with Crippen LogP contribution in [0.2, 0.25) is 0 Å². The Morgan fingerprint density at radius 1 is 1.05 bits per heavy atom. The van der Waals surface area contributed by atoms with Crippen molar-refractivity contribution in [1.82, 2.24) is 9.80 Å². The summed E-state index contributed by atoms with van der Waals surface area (Å²) < 4.78 is 0. The van der Waals surface area contributed by atoms with Gasteiger partial charge in [-0.3, -0.25) is 4.90 Å². The zero-order valence-corrected chi connectivity index (χ0v) is 13.7.